The Morgan fingerprint density at radius 2 is 1.16 bits per heavy atom. The Bertz CT molecular complexity index is 1960. The number of rotatable bonds is 13. The van der Waals surface area contributed by atoms with Crippen molar-refractivity contribution >= 4 is 58.3 Å². The van der Waals surface area contributed by atoms with E-state index in [1.165, 1.54) is 0 Å². The van der Waals surface area contributed by atoms with Gasteiger partial charge >= 0.3 is 11.9 Å². The lowest BCUT2D eigenvalue weighted by atomic mass is 10.0. The minimum atomic E-state index is -3.37. The number of esters is 2. The van der Waals surface area contributed by atoms with Crippen molar-refractivity contribution < 1.29 is 38.2 Å². The highest BCUT2D eigenvalue weighted by Crippen LogP contribution is 2.49. The number of carbonyl (C=O) groups excluding carboxylic acids is 5. The summed E-state index contributed by atoms with van der Waals surface area (Å²) in [6.45, 7) is -3.95. The van der Waals surface area contributed by atoms with Crippen molar-refractivity contribution in [1.82, 2.24) is 10.2 Å². The summed E-state index contributed by atoms with van der Waals surface area (Å²) in [7, 11) is 0. The van der Waals surface area contributed by atoms with Gasteiger partial charge in [0.05, 0.1) is 0 Å². The quantitative estimate of drug-likeness (QED) is 0.0652. The van der Waals surface area contributed by atoms with Crippen LogP contribution in [0.2, 0.25) is 0 Å². The van der Waals surface area contributed by atoms with Crippen molar-refractivity contribution in [2.75, 3.05) is 6.61 Å². The fourth-order valence-corrected chi connectivity index (χ4v) is 10.3. The van der Waals surface area contributed by atoms with E-state index < -0.39 is 49.5 Å². The molecule has 6 rings (SSSR count). The van der Waals surface area contributed by atoms with Gasteiger partial charge in [0.1, 0.15) is 17.8 Å². The van der Waals surface area contributed by atoms with E-state index in [2.05, 4.69) is 5.32 Å². The Balaban J connectivity index is 1.54. The SMILES string of the molecule is O=CC(=O)O[C@@H]1[C@H](NC(=O)COc2ccccc2)C(=O)N1C(C(=O)OCc1ccccc1)=P(c1ccccc1)(c1ccccc1)c1ccccc1. The van der Waals surface area contributed by atoms with Gasteiger partial charge in [0.2, 0.25) is 12.5 Å². The molecule has 0 unspecified atom stereocenters. The molecule has 0 saturated carbocycles. The molecule has 256 valence electrons. The third-order valence-electron chi connectivity index (χ3n) is 8.18. The second-order valence-corrected chi connectivity index (χ2v) is 14.7. The smallest absolute Gasteiger partial charge is 0.373 e. The van der Waals surface area contributed by atoms with E-state index in [1.54, 1.807) is 42.5 Å². The molecule has 2 amide bonds. The lowest BCUT2D eigenvalue weighted by Crippen LogP contribution is -2.75. The molecule has 0 aromatic heterocycles. The summed E-state index contributed by atoms with van der Waals surface area (Å²) in [6.07, 6.45) is -1.62. The Hall–Kier alpha value is -6.25. The molecule has 5 aromatic rings. The zero-order valence-electron chi connectivity index (χ0n) is 27.2. The third kappa shape index (κ3) is 7.37. The number of β-lactam (4-membered cyclic amide) rings is 1. The molecule has 1 N–H and O–H groups in total. The van der Waals surface area contributed by atoms with Gasteiger partial charge in [-0.3, -0.25) is 19.3 Å². The van der Waals surface area contributed by atoms with Crippen LogP contribution >= 0.6 is 6.89 Å². The summed E-state index contributed by atoms with van der Waals surface area (Å²) in [5, 5.41) is 4.67. The minimum absolute atomic E-state index is 0.0419. The van der Waals surface area contributed by atoms with Crippen LogP contribution in [0.15, 0.2) is 152 Å². The predicted octanol–water partition coefficient (Wildman–Crippen LogP) is 3.33. The number of amides is 2. The molecule has 1 heterocycles. The fraction of sp³-hybridized carbons (Fsp3) is 0.100. The van der Waals surface area contributed by atoms with Crippen molar-refractivity contribution in [3.8, 4) is 5.75 Å². The number of ether oxygens (including phenoxy) is 3. The van der Waals surface area contributed by atoms with Crippen LogP contribution in [0, 0.1) is 0 Å². The lowest BCUT2D eigenvalue weighted by molar-refractivity contribution is -0.182. The van der Waals surface area contributed by atoms with E-state index in [0.717, 1.165) is 4.90 Å². The summed E-state index contributed by atoms with van der Waals surface area (Å²) in [5.74, 6) is -3.14. The van der Waals surface area contributed by atoms with Gasteiger partial charge in [0.15, 0.2) is 12.6 Å². The number of likely N-dealkylation sites (tertiary alicyclic amines) is 1. The molecule has 0 aliphatic carbocycles. The second kappa shape index (κ2) is 16.0. The summed E-state index contributed by atoms with van der Waals surface area (Å²) in [6, 6.07) is 44.0. The Kier molecular flexibility index (Phi) is 10.8. The van der Waals surface area contributed by atoms with Crippen LogP contribution in [0.3, 0.4) is 0 Å². The molecule has 10 nitrogen and oxygen atoms in total. The van der Waals surface area contributed by atoms with Gasteiger partial charge in [-0.25, -0.2) is 9.59 Å². The molecule has 1 fully saturated rings. The highest BCUT2D eigenvalue weighted by molar-refractivity contribution is 7.96. The second-order valence-electron chi connectivity index (χ2n) is 11.4. The third-order valence-corrected chi connectivity index (χ3v) is 12.4. The predicted molar refractivity (Wildman–Crippen MR) is 193 cm³/mol. The van der Waals surface area contributed by atoms with Gasteiger partial charge in [-0.1, -0.05) is 140 Å². The van der Waals surface area contributed by atoms with Crippen LogP contribution in [0.4, 0.5) is 0 Å². The van der Waals surface area contributed by atoms with Gasteiger partial charge in [-0.05, 0) is 33.6 Å². The Labute approximate surface area is 294 Å². The molecule has 0 bridgehead atoms. The van der Waals surface area contributed by atoms with E-state index in [1.807, 2.05) is 109 Å². The number of hydrogen-bond donors (Lipinski definition) is 1. The van der Waals surface area contributed by atoms with Crippen LogP contribution in [0.25, 0.3) is 0 Å². The number of nitrogens with one attached hydrogen (secondary N) is 1. The van der Waals surface area contributed by atoms with E-state index in [-0.39, 0.29) is 18.3 Å². The minimum Gasteiger partial charge on any atom is -0.484 e. The van der Waals surface area contributed by atoms with Crippen molar-refractivity contribution in [3.63, 3.8) is 0 Å². The summed E-state index contributed by atoms with van der Waals surface area (Å²) < 4.78 is 17.1. The highest BCUT2D eigenvalue weighted by atomic mass is 31.2. The van der Waals surface area contributed by atoms with Gasteiger partial charge in [0, 0.05) is 6.89 Å². The van der Waals surface area contributed by atoms with Crippen molar-refractivity contribution in [3.05, 3.63) is 157 Å². The molecule has 2 atom stereocenters. The molecule has 1 saturated heterocycles. The molecule has 0 spiro atoms. The summed E-state index contributed by atoms with van der Waals surface area (Å²) in [4.78, 5) is 67.5. The molecule has 5 aromatic carbocycles. The molecular weight excluding hydrogens is 667 g/mol. The first kappa shape index (κ1) is 34.6. The number of carbonyl (C=O) groups is 5. The zero-order valence-corrected chi connectivity index (χ0v) is 28.1. The molecule has 1 aliphatic rings. The van der Waals surface area contributed by atoms with Crippen molar-refractivity contribution in [2.24, 2.45) is 0 Å². The van der Waals surface area contributed by atoms with Crippen LogP contribution in [0.5, 0.6) is 5.75 Å². The normalized spacial score (nSPS) is 15.1. The number of benzene rings is 5. The molecule has 11 heteroatoms. The number of aldehydes is 1. The standard InChI is InChI=1S/C40H33N2O8P/c43-26-35(45)50-38-36(41-34(44)28-48-30-18-8-2-9-19-30)37(46)42(38)39(40(47)49-27-29-16-6-1-7-17-29)51(31-20-10-3-11-21-31,32-22-12-4-13-23-32)33-24-14-5-15-25-33/h1-26,36,38H,27-28H2,(H,41,44)/t36-,38-/m1/s1. The molecule has 1 aliphatic heterocycles. The van der Waals surface area contributed by atoms with E-state index in [4.69, 9.17) is 14.2 Å². The maximum atomic E-state index is 14.8. The average molecular weight is 701 g/mol. The fourth-order valence-electron chi connectivity index (χ4n) is 5.92. The van der Waals surface area contributed by atoms with E-state index in [0.29, 0.717) is 27.2 Å². The van der Waals surface area contributed by atoms with Gasteiger partial charge in [0.25, 0.3) is 11.8 Å². The summed E-state index contributed by atoms with van der Waals surface area (Å²) >= 11 is 0. The van der Waals surface area contributed by atoms with Crippen molar-refractivity contribution in [1.29, 1.82) is 0 Å². The van der Waals surface area contributed by atoms with Crippen LogP contribution in [-0.2, 0) is 40.1 Å². The maximum absolute atomic E-state index is 14.8. The van der Waals surface area contributed by atoms with Crippen LogP contribution < -0.4 is 26.0 Å². The van der Waals surface area contributed by atoms with Gasteiger partial charge in [-0.2, -0.15) is 0 Å². The first-order valence-electron chi connectivity index (χ1n) is 16.0. The Morgan fingerprint density at radius 3 is 1.65 bits per heavy atom. The number of para-hydroxylation sites is 1. The topological polar surface area (TPSA) is 128 Å². The van der Waals surface area contributed by atoms with E-state index >= 15 is 0 Å². The Morgan fingerprint density at radius 1 is 0.686 bits per heavy atom. The maximum Gasteiger partial charge on any atom is 0.373 e. The van der Waals surface area contributed by atoms with Crippen LogP contribution in [-0.4, -0.2) is 59.2 Å². The van der Waals surface area contributed by atoms with Crippen molar-refractivity contribution in [2.45, 2.75) is 18.9 Å². The average Bonchev–Trinajstić information content (AvgIpc) is 3.19. The largest absolute Gasteiger partial charge is 0.484 e. The highest BCUT2D eigenvalue weighted by Gasteiger charge is 2.56. The van der Waals surface area contributed by atoms with Crippen LogP contribution in [0.1, 0.15) is 5.56 Å². The van der Waals surface area contributed by atoms with Gasteiger partial charge < -0.3 is 19.5 Å². The lowest BCUT2D eigenvalue weighted by Gasteiger charge is -2.48. The molecule has 0 radical (unpaired) electrons. The van der Waals surface area contributed by atoms with Gasteiger partial charge in [-0.15, -0.1) is 0 Å². The first-order chi connectivity index (χ1) is 24.9. The number of hydrogen-bond acceptors (Lipinski definition) is 8. The van der Waals surface area contributed by atoms with E-state index in [9.17, 15) is 24.0 Å². The number of nitrogens with zero attached hydrogens (tertiary/aromatic N) is 1. The molecule has 51 heavy (non-hydrogen) atoms. The summed E-state index contributed by atoms with van der Waals surface area (Å²) in [5.41, 5.74) is 0.609. The monoisotopic (exact) mass is 700 g/mol. The molecular formula is C40H33N2O8P. The zero-order chi connectivity index (χ0) is 35.6. The first-order valence-corrected chi connectivity index (χ1v) is 17.8.